The number of aryl methyl sites for hydroxylation is 1. The van der Waals surface area contributed by atoms with Crippen molar-refractivity contribution in [1.82, 2.24) is 5.32 Å². The Morgan fingerprint density at radius 3 is 2.50 bits per heavy atom. The SMILES string of the molecule is Cc1cccc(N2C(=O)/C(=C\c3ccc(N(C)C)c(Br)c3)C(=O)NC2=S)c1C. The van der Waals surface area contributed by atoms with Crippen molar-refractivity contribution in [2.24, 2.45) is 0 Å². The van der Waals surface area contributed by atoms with Crippen molar-refractivity contribution >= 4 is 62.5 Å². The minimum Gasteiger partial charge on any atom is -0.377 e. The molecule has 1 N–H and O–H groups in total. The van der Waals surface area contributed by atoms with Crippen LogP contribution in [0.5, 0.6) is 0 Å². The number of amides is 2. The maximum absolute atomic E-state index is 13.2. The molecular weight excluding hydrogens is 438 g/mol. The molecule has 0 unspecified atom stereocenters. The summed E-state index contributed by atoms with van der Waals surface area (Å²) in [6.07, 6.45) is 1.59. The summed E-state index contributed by atoms with van der Waals surface area (Å²) < 4.78 is 0.873. The third-order valence-electron chi connectivity index (χ3n) is 4.68. The van der Waals surface area contributed by atoms with Crippen molar-refractivity contribution < 1.29 is 9.59 Å². The van der Waals surface area contributed by atoms with Crippen LogP contribution in [-0.2, 0) is 9.59 Å². The second kappa shape index (κ2) is 7.85. The van der Waals surface area contributed by atoms with E-state index in [2.05, 4.69) is 21.2 Å². The number of benzene rings is 2. The molecule has 7 heteroatoms. The van der Waals surface area contributed by atoms with Crippen LogP contribution in [0, 0.1) is 13.8 Å². The van der Waals surface area contributed by atoms with Crippen LogP contribution in [0.1, 0.15) is 16.7 Å². The molecule has 0 bridgehead atoms. The molecule has 1 aliphatic rings. The van der Waals surface area contributed by atoms with E-state index < -0.39 is 11.8 Å². The first-order chi connectivity index (χ1) is 13.2. The van der Waals surface area contributed by atoms with Gasteiger partial charge < -0.3 is 4.90 Å². The molecular formula is C21H20BrN3O2S. The fourth-order valence-electron chi connectivity index (χ4n) is 3.00. The van der Waals surface area contributed by atoms with E-state index in [4.69, 9.17) is 12.2 Å². The molecule has 0 radical (unpaired) electrons. The number of carbonyl (C=O) groups is 2. The third-order valence-corrected chi connectivity index (χ3v) is 5.60. The second-order valence-corrected chi connectivity index (χ2v) is 8.02. The molecule has 2 aromatic carbocycles. The molecule has 28 heavy (non-hydrogen) atoms. The summed E-state index contributed by atoms with van der Waals surface area (Å²) in [5, 5.41) is 2.72. The second-order valence-electron chi connectivity index (χ2n) is 6.78. The number of carbonyl (C=O) groups excluding carboxylic acids is 2. The zero-order valence-electron chi connectivity index (χ0n) is 16.0. The van der Waals surface area contributed by atoms with Gasteiger partial charge in [-0.15, -0.1) is 0 Å². The first kappa shape index (κ1) is 20.2. The third kappa shape index (κ3) is 3.72. The molecule has 2 amide bonds. The number of rotatable bonds is 3. The highest BCUT2D eigenvalue weighted by molar-refractivity contribution is 9.10. The molecule has 0 saturated carbocycles. The topological polar surface area (TPSA) is 52.7 Å². The Kier molecular flexibility index (Phi) is 5.67. The lowest BCUT2D eigenvalue weighted by Gasteiger charge is -2.30. The van der Waals surface area contributed by atoms with Gasteiger partial charge >= 0.3 is 0 Å². The van der Waals surface area contributed by atoms with Crippen molar-refractivity contribution in [2.45, 2.75) is 13.8 Å². The highest BCUT2D eigenvalue weighted by Gasteiger charge is 2.35. The van der Waals surface area contributed by atoms with Crippen molar-refractivity contribution in [1.29, 1.82) is 0 Å². The Morgan fingerprint density at radius 1 is 1.14 bits per heavy atom. The Labute approximate surface area is 178 Å². The maximum Gasteiger partial charge on any atom is 0.270 e. The van der Waals surface area contributed by atoms with Gasteiger partial charge in [0.2, 0.25) is 0 Å². The van der Waals surface area contributed by atoms with Crippen LogP contribution in [0.4, 0.5) is 11.4 Å². The van der Waals surface area contributed by atoms with E-state index >= 15 is 0 Å². The molecule has 3 rings (SSSR count). The van der Waals surface area contributed by atoms with Crippen LogP contribution in [0.15, 0.2) is 46.4 Å². The predicted octanol–water partition coefficient (Wildman–Crippen LogP) is 3.96. The molecule has 0 spiro atoms. The fourth-order valence-corrected chi connectivity index (χ4v) is 4.02. The lowest BCUT2D eigenvalue weighted by molar-refractivity contribution is -0.122. The predicted molar refractivity (Wildman–Crippen MR) is 121 cm³/mol. The Morgan fingerprint density at radius 2 is 1.86 bits per heavy atom. The van der Waals surface area contributed by atoms with Gasteiger partial charge in [-0.3, -0.25) is 19.8 Å². The molecule has 0 aromatic heterocycles. The number of nitrogens with one attached hydrogen (secondary N) is 1. The lowest BCUT2D eigenvalue weighted by Crippen LogP contribution is -2.54. The van der Waals surface area contributed by atoms with Gasteiger partial charge in [0.15, 0.2) is 5.11 Å². The van der Waals surface area contributed by atoms with Crippen molar-refractivity contribution in [3.05, 3.63) is 63.1 Å². The molecule has 144 valence electrons. The summed E-state index contributed by atoms with van der Waals surface area (Å²) in [4.78, 5) is 29.0. The van der Waals surface area contributed by atoms with Gasteiger partial charge in [-0.25, -0.2) is 0 Å². The summed E-state index contributed by atoms with van der Waals surface area (Å²) in [7, 11) is 3.89. The standard InChI is InChI=1S/C21H20BrN3O2S/c1-12-6-5-7-17(13(12)2)25-20(27)15(19(26)23-21(25)28)10-14-8-9-18(24(3)4)16(22)11-14/h5-11H,1-4H3,(H,23,26,28)/b15-10-. The number of halogens is 1. The van der Waals surface area contributed by atoms with Crippen molar-refractivity contribution in [3.63, 3.8) is 0 Å². The summed E-state index contributed by atoms with van der Waals surface area (Å²) in [5.74, 6) is -0.931. The van der Waals surface area contributed by atoms with Gasteiger partial charge in [-0.05, 0) is 83.0 Å². The van der Waals surface area contributed by atoms with Gasteiger partial charge in [-0.2, -0.15) is 0 Å². The van der Waals surface area contributed by atoms with E-state index in [9.17, 15) is 9.59 Å². The number of nitrogens with zero attached hydrogens (tertiary/aromatic N) is 2. The zero-order valence-corrected chi connectivity index (χ0v) is 18.4. The Balaban J connectivity index is 2.04. The van der Waals surface area contributed by atoms with Crippen molar-refractivity contribution in [2.75, 3.05) is 23.9 Å². The fraction of sp³-hybridized carbons (Fsp3) is 0.190. The van der Waals surface area contributed by atoms with E-state index in [1.807, 2.05) is 69.2 Å². The van der Waals surface area contributed by atoms with Gasteiger partial charge in [0, 0.05) is 18.6 Å². The summed E-state index contributed by atoms with van der Waals surface area (Å²) in [6, 6.07) is 11.3. The number of hydrogen-bond donors (Lipinski definition) is 1. The van der Waals surface area contributed by atoms with E-state index in [-0.39, 0.29) is 10.7 Å². The summed E-state index contributed by atoms with van der Waals surface area (Å²) >= 11 is 8.81. The average molecular weight is 458 g/mol. The van der Waals surface area contributed by atoms with E-state index in [1.165, 1.54) is 4.90 Å². The van der Waals surface area contributed by atoms with Gasteiger partial charge in [0.05, 0.1) is 11.4 Å². The zero-order chi connectivity index (χ0) is 20.6. The van der Waals surface area contributed by atoms with Crippen LogP contribution < -0.4 is 15.1 Å². The molecule has 2 aromatic rings. The smallest absolute Gasteiger partial charge is 0.270 e. The molecule has 5 nitrogen and oxygen atoms in total. The van der Waals surface area contributed by atoms with E-state index in [0.29, 0.717) is 5.69 Å². The van der Waals surface area contributed by atoms with Crippen molar-refractivity contribution in [3.8, 4) is 0 Å². The van der Waals surface area contributed by atoms with Crippen LogP contribution in [0.2, 0.25) is 0 Å². The monoisotopic (exact) mass is 457 g/mol. The highest BCUT2D eigenvalue weighted by atomic mass is 79.9. The summed E-state index contributed by atoms with van der Waals surface area (Å²) in [6.45, 7) is 3.90. The molecule has 0 aliphatic carbocycles. The molecule has 1 fully saturated rings. The normalized spacial score (nSPS) is 15.8. The van der Waals surface area contributed by atoms with E-state index in [0.717, 1.165) is 26.9 Å². The number of anilines is 2. The van der Waals surface area contributed by atoms with Crippen LogP contribution >= 0.6 is 28.1 Å². The largest absolute Gasteiger partial charge is 0.377 e. The van der Waals surface area contributed by atoms with Gasteiger partial charge in [0.25, 0.3) is 11.8 Å². The summed E-state index contributed by atoms with van der Waals surface area (Å²) in [5.41, 5.74) is 4.43. The number of hydrogen-bond acceptors (Lipinski definition) is 4. The quantitative estimate of drug-likeness (QED) is 0.430. The lowest BCUT2D eigenvalue weighted by atomic mass is 10.0. The first-order valence-corrected chi connectivity index (χ1v) is 9.85. The highest BCUT2D eigenvalue weighted by Crippen LogP contribution is 2.29. The average Bonchev–Trinajstić information content (AvgIpc) is 2.61. The van der Waals surface area contributed by atoms with Crippen LogP contribution in [0.3, 0.4) is 0 Å². The Bertz CT molecular complexity index is 1030. The minimum atomic E-state index is -0.496. The maximum atomic E-state index is 13.2. The van der Waals surface area contributed by atoms with Crippen LogP contribution in [-0.4, -0.2) is 31.0 Å². The minimum absolute atomic E-state index is 0.0407. The Hall–Kier alpha value is -2.51. The molecule has 1 heterocycles. The molecule has 1 aliphatic heterocycles. The van der Waals surface area contributed by atoms with Gasteiger partial charge in [0.1, 0.15) is 5.57 Å². The van der Waals surface area contributed by atoms with E-state index in [1.54, 1.807) is 6.08 Å². The number of thiocarbonyl (C=S) groups is 1. The first-order valence-electron chi connectivity index (χ1n) is 8.65. The molecule has 1 saturated heterocycles. The van der Waals surface area contributed by atoms with Gasteiger partial charge in [-0.1, -0.05) is 18.2 Å². The molecule has 0 atom stereocenters. The van der Waals surface area contributed by atoms with Crippen LogP contribution in [0.25, 0.3) is 6.08 Å².